The molecule has 0 saturated carbocycles. The van der Waals surface area contributed by atoms with Gasteiger partial charge >= 0.3 is 28.4 Å². The van der Waals surface area contributed by atoms with Crippen LogP contribution < -0.4 is 0 Å². The number of allylic oxidation sites excluding steroid dienone is 8. The summed E-state index contributed by atoms with van der Waals surface area (Å²) < 4.78 is 3.34. The number of fused-ring (bicyclic) bond motifs is 5. The Morgan fingerprint density at radius 1 is 0.783 bits per heavy atom. The van der Waals surface area contributed by atoms with E-state index in [4.69, 9.17) is 0 Å². The van der Waals surface area contributed by atoms with Crippen LogP contribution in [0.4, 0.5) is 0 Å². The SMILES string of the molecule is CC1=[C-]C(C)(C)c2cc3c(cc21)-c1cc2c(cc1C3)C(C)(C)C=C2C.CC1=[C-]C(C)C=C1C(C)C.Cl.Cl.[CH2]=[Zr].[CH3-].[c-]1ccccc1. The van der Waals surface area contributed by atoms with Crippen LogP contribution in [-0.4, -0.2) is 4.21 Å². The Morgan fingerprint density at radius 2 is 1.33 bits per heavy atom. The fourth-order valence-corrected chi connectivity index (χ4v) is 7.10. The Morgan fingerprint density at radius 3 is 1.76 bits per heavy atom. The maximum Gasteiger partial charge on any atom is -0.171 e. The topological polar surface area (TPSA) is 0 Å². The van der Waals surface area contributed by atoms with Crippen LogP contribution >= 0.6 is 24.8 Å². The summed E-state index contributed by atoms with van der Waals surface area (Å²) in [5, 5.41) is 0. The van der Waals surface area contributed by atoms with Crippen molar-refractivity contribution >= 4 is 40.2 Å². The molecule has 4 aliphatic rings. The molecule has 0 saturated heterocycles. The molecule has 0 amide bonds. The van der Waals surface area contributed by atoms with Crippen LogP contribution in [-0.2, 0) is 41.5 Å². The minimum atomic E-state index is 0. The van der Waals surface area contributed by atoms with E-state index in [1.165, 1.54) is 91.0 Å². The van der Waals surface area contributed by atoms with Crippen molar-refractivity contribution in [2.75, 3.05) is 0 Å². The quantitative estimate of drug-likeness (QED) is 0.171. The third-order valence-corrected chi connectivity index (χ3v) is 8.97. The maximum atomic E-state index is 3.65. The molecule has 4 aliphatic carbocycles. The van der Waals surface area contributed by atoms with Gasteiger partial charge in [0, 0.05) is 5.41 Å². The van der Waals surface area contributed by atoms with E-state index in [2.05, 4.69) is 128 Å². The average molecular weight is 731 g/mol. The summed E-state index contributed by atoms with van der Waals surface area (Å²) >= 11 is 1.30. The van der Waals surface area contributed by atoms with Crippen molar-refractivity contribution in [3.8, 4) is 11.1 Å². The van der Waals surface area contributed by atoms with E-state index >= 15 is 0 Å². The molecule has 0 nitrogen and oxygen atoms in total. The smallest absolute Gasteiger partial charge is 0.171 e. The summed E-state index contributed by atoms with van der Waals surface area (Å²) in [5.74, 6) is 1.20. The van der Waals surface area contributed by atoms with Gasteiger partial charge in [-0.15, -0.1) is 36.4 Å². The van der Waals surface area contributed by atoms with Crippen LogP contribution in [0.2, 0.25) is 0 Å². The first-order chi connectivity index (χ1) is 20.3. The standard InChI is InChI=1S/C25H25.C10H15.C6H5.CH3.CH2.2ClH.Zr/c1-14-12-24(3,4)22-8-16-7-17-9-23-19(15(2)13-25(23,5)6)11-21(17)20(16)10-18(14)22;1-7(2)10-6-8(3)5-9(10)4;1-2-4-6-5-3-1;;;;;/h8-12H,7H2,1-6H3;6-8H,1-4H3;1-5H;1H3;1H2;2*1H;/q4*-1;;;;. The van der Waals surface area contributed by atoms with Crippen molar-refractivity contribution in [1.82, 2.24) is 0 Å². The molecular weight excluding hydrogens is 679 g/mol. The van der Waals surface area contributed by atoms with E-state index in [0.717, 1.165) is 6.42 Å². The normalized spacial score (nSPS) is 17.7. The molecule has 3 aromatic carbocycles. The van der Waals surface area contributed by atoms with Gasteiger partial charge in [0.15, 0.2) is 0 Å². The number of rotatable bonds is 1. The molecule has 0 spiro atoms. The van der Waals surface area contributed by atoms with Crippen molar-refractivity contribution in [3.63, 3.8) is 0 Å². The molecule has 3 heteroatoms. The minimum Gasteiger partial charge on any atom is -0.358 e. The largest absolute Gasteiger partial charge is 0.358 e. The molecule has 0 N–H and O–H groups in total. The number of benzene rings is 3. The fourth-order valence-electron chi connectivity index (χ4n) is 7.10. The Balaban J connectivity index is 0.000000421. The summed E-state index contributed by atoms with van der Waals surface area (Å²) in [5.41, 5.74) is 17.4. The van der Waals surface area contributed by atoms with E-state index < -0.39 is 0 Å². The van der Waals surface area contributed by atoms with Crippen LogP contribution in [0.15, 0.2) is 77.9 Å². The summed E-state index contributed by atoms with van der Waals surface area (Å²) in [7, 11) is 0. The maximum absolute atomic E-state index is 3.65. The molecule has 0 aromatic heterocycles. The number of hydrogen-bond donors (Lipinski definition) is 0. The molecule has 0 fully saturated rings. The van der Waals surface area contributed by atoms with E-state index in [1.807, 2.05) is 30.3 Å². The van der Waals surface area contributed by atoms with Crippen molar-refractivity contribution in [1.29, 1.82) is 0 Å². The molecule has 0 radical (unpaired) electrons. The minimum absolute atomic E-state index is 0. The second-order valence-corrected chi connectivity index (χ2v) is 13.6. The molecule has 246 valence electrons. The summed E-state index contributed by atoms with van der Waals surface area (Å²) in [6, 6.07) is 22.3. The molecule has 0 heterocycles. The van der Waals surface area contributed by atoms with Crippen molar-refractivity contribution in [2.24, 2.45) is 11.8 Å². The van der Waals surface area contributed by atoms with Gasteiger partial charge in [0.25, 0.3) is 0 Å². The number of hydrogen-bond acceptors (Lipinski definition) is 0. The first-order valence-electron chi connectivity index (χ1n) is 15.5. The van der Waals surface area contributed by atoms with E-state index in [-0.39, 0.29) is 43.1 Å². The molecule has 0 bridgehead atoms. The fraction of sp³-hybridized carbons (Fsp3) is 0.349. The summed E-state index contributed by atoms with van der Waals surface area (Å²) in [6.07, 6.45) is 12.8. The van der Waals surface area contributed by atoms with Crippen LogP contribution in [0.1, 0.15) is 103 Å². The van der Waals surface area contributed by atoms with Gasteiger partial charge in [0.2, 0.25) is 0 Å². The Hall–Kier alpha value is -2.05. The van der Waals surface area contributed by atoms with Crippen molar-refractivity contribution < 1.29 is 24.2 Å². The second kappa shape index (κ2) is 16.9. The molecule has 3 aromatic rings. The zero-order valence-corrected chi connectivity index (χ0v) is 33.8. The summed E-state index contributed by atoms with van der Waals surface area (Å²) in [6.45, 7) is 22.5. The zero-order valence-electron chi connectivity index (χ0n) is 29.7. The van der Waals surface area contributed by atoms with Crippen molar-refractivity contribution in [3.05, 3.63) is 137 Å². The third kappa shape index (κ3) is 8.70. The van der Waals surface area contributed by atoms with Crippen molar-refractivity contribution in [2.45, 2.75) is 86.5 Å². The van der Waals surface area contributed by atoms with E-state index in [0.29, 0.717) is 11.8 Å². The Bertz CT molecular complexity index is 1520. The average Bonchev–Trinajstić information content (AvgIpc) is 3.63. The van der Waals surface area contributed by atoms with Gasteiger partial charge in [-0.25, -0.2) is 11.1 Å². The molecule has 7 rings (SSSR count). The molecule has 46 heavy (non-hydrogen) atoms. The van der Waals surface area contributed by atoms with Gasteiger partial charge in [0.05, 0.1) is 0 Å². The van der Waals surface area contributed by atoms with Gasteiger partial charge in [-0.2, -0.15) is 53.6 Å². The Labute approximate surface area is 308 Å². The van der Waals surface area contributed by atoms with Crippen LogP contribution in [0.5, 0.6) is 0 Å². The second-order valence-electron chi connectivity index (χ2n) is 13.6. The monoisotopic (exact) mass is 728 g/mol. The van der Waals surface area contributed by atoms with Gasteiger partial charge < -0.3 is 7.43 Å². The van der Waals surface area contributed by atoms with Gasteiger partial charge in [-0.05, 0) is 58.4 Å². The predicted molar refractivity (Wildman–Crippen MR) is 205 cm³/mol. The van der Waals surface area contributed by atoms with Gasteiger partial charge in [0.1, 0.15) is 0 Å². The van der Waals surface area contributed by atoms with Crippen LogP contribution in [0, 0.1) is 37.5 Å². The Kier molecular flexibility index (Phi) is 15.4. The summed E-state index contributed by atoms with van der Waals surface area (Å²) in [4.78, 5) is 0. The third-order valence-electron chi connectivity index (χ3n) is 8.97. The molecule has 1 atom stereocenters. The predicted octanol–water partition coefficient (Wildman–Crippen LogP) is 12.2. The first-order valence-corrected chi connectivity index (χ1v) is 17.3. The first kappa shape index (κ1) is 42.0. The van der Waals surface area contributed by atoms with Crippen LogP contribution in [0.3, 0.4) is 0 Å². The molecule has 1 unspecified atom stereocenters. The van der Waals surface area contributed by atoms with Gasteiger partial charge in [-0.3, -0.25) is 12.2 Å². The van der Waals surface area contributed by atoms with E-state index in [1.54, 1.807) is 0 Å². The molecular formula is C43H52Cl2Zr-4. The van der Waals surface area contributed by atoms with Gasteiger partial charge in [-0.1, -0.05) is 97.8 Å². The van der Waals surface area contributed by atoms with E-state index in [9.17, 15) is 0 Å². The number of halogens is 2. The zero-order chi connectivity index (χ0) is 31.7. The van der Waals surface area contributed by atoms with Crippen LogP contribution in [0.25, 0.3) is 22.3 Å². The molecule has 0 aliphatic heterocycles.